The van der Waals surface area contributed by atoms with Gasteiger partial charge in [0.1, 0.15) is 5.75 Å². The molecule has 2 aromatic rings. The molecule has 2 N–H and O–H groups in total. The van der Waals surface area contributed by atoms with Gasteiger partial charge in [0.2, 0.25) is 5.91 Å². The van der Waals surface area contributed by atoms with Crippen molar-refractivity contribution in [1.29, 1.82) is 0 Å². The molecule has 112 valence electrons. The van der Waals surface area contributed by atoms with Crippen LogP contribution in [0.1, 0.15) is 12.0 Å². The number of ether oxygens (including phenoxy) is 1. The molecule has 2 amide bonds. The largest absolute Gasteiger partial charge is 0.478 e. The van der Waals surface area contributed by atoms with Gasteiger partial charge in [0.15, 0.2) is 6.10 Å². The third-order valence-corrected chi connectivity index (χ3v) is 3.41. The van der Waals surface area contributed by atoms with Crippen molar-refractivity contribution < 1.29 is 14.3 Å². The van der Waals surface area contributed by atoms with Gasteiger partial charge >= 0.3 is 0 Å². The van der Waals surface area contributed by atoms with Crippen LogP contribution in [0.5, 0.6) is 5.75 Å². The number of nitrogens with one attached hydrogen (secondary N) is 2. The summed E-state index contributed by atoms with van der Waals surface area (Å²) in [6, 6.07) is 16.8. The Labute approximate surface area is 128 Å². The molecule has 3 rings (SSSR count). The lowest BCUT2D eigenvalue weighted by atomic mass is 10.1. The zero-order valence-corrected chi connectivity index (χ0v) is 11.9. The number of carbonyl (C=O) groups is 2. The molecular formula is C17H16N2O3. The van der Waals surface area contributed by atoms with E-state index in [0.29, 0.717) is 18.0 Å². The number of carbonyl (C=O) groups excluding carboxylic acids is 2. The Kier molecular flexibility index (Phi) is 4.05. The van der Waals surface area contributed by atoms with Crippen LogP contribution in [-0.4, -0.2) is 17.9 Å². The number of rotatable bonds is 4. The summed E-state index contributed by atoms with van der Waals surface area (Å²) >= 11 is 0. The van der Waals surface area contributed by atoms with E-state index in [2.05, 4.69) is 10.6 Å². The number of hydrogen-bond acceptors (Lipinski definition) is 3. The number of benzene rings is 2. The first-order valence-corrected chi connectivity index (χ1v) is 7.09. The predicted octanol–water partition coefficient (Wildman–Crippen LogP) is 2.09. The minimum absolute atomic E-state index is 0.00694. The Morgan fingerprint density at radius 2 is 1.82 bits per heavy atom. The van der Waals surface area contributed by atoms with Crippen LogP contribution in [-0.2, 0) is 16.1 Å². The summed E-state index contributed by atoms with van der Waals surface area (Å²) in [5.41, 5.74) is 1.64. The van der Waals surface area contributed by atoms with Crippen molar-refractivity contribution in [3.05, 3.63) is 60.2 Å². The molecule has 0 fully saturated rings. The van der Waals surface area contributed by atoms with Crippen molar-refractivity contribution in [2.24, 2.45) is 0 Å². The fourth-order valence-corrected chi connectivity index (χ4v) is 2.26. The Morgan fingerprint density at radius 1 is 1.09 bits per heavy atom. The minimum Gasteiger partial charge on any atom is -0.478 e. The zero-order chi connectivity index (χ0) is 15.4. The van der Waals surface area contributed by atoms with Gasteiger partial charge in [0, 0.05) is 6.54 Å². The second-order valence-electron chi connectivity index (χ2n) is 5.06. The SMILES string of the molecule is O=C(C[C@H]1Oc2ccccc2NC1=O)NCc1ccccc1. The number of fused-ring (bicyclic) bond motifs is 1. The van der Waals surface area contributed by atoms with Crippen LogP contribution >= 0.6 is 0 Å². The molecule has 1 heterocycles. The van der Waals surface area contributed by atoms with E-state index in [4.69, 9.17) is 4.74 Å². The molecule has 1 aliphatic rings. The van der Waals surface area contributed by atoms with Crippen molar-refractivity contribution in [2.75, 3.05) is 5.32 Å². The van der Waals surface area contributed by atoms with Gasteiger partial charge in [-0.3, -0.25) is 9.59 Å². The number of amides is 2. The predicted molar refractivity (Wildman–Crippen MR) is 82.4 cm³/mol. The second kappa shape index (κ2) is 6.30. The molecule has 0 aliphatic carbocycles. The molecular weight excluding hydrogens is 280 g/mol. The average molecular weight is 296 g/mol. The van der Waals surface area contributed by atoms with Gasteiger partial charge in [-0.1, -0.05) is 42.5 Å². The van der Waals surface area contributed by atoms with Crippen molar-refractivity contribution in [2.45, 2.75) is 19.1 Å². The van der Waals surface area contributed by atoms with Crippen molar-refractivity contribution >= 4 is 17.5 Å². The van der Waals surface area contributed by atoms with E-state index in [1.807, 2.05) is 42.5 Å². The van der Waals surface area contributed by atoms with Crippen LogP contribution in [0.15, 0.2) is 54.6 Å². The van der Waals surface area contributed by atoms with E-state index in [0.717, 1.165) is 5.56 Å². The molecule has 5 nitrogen and oxygen atoms in total. The van der Waals surface area contributed by atoms with Crippen LogP contribution in [0.2, 0.25) is 0 Å². The van der Waals surface area contributed by atoms with Crippen LogP contribution in [0, 0.1) is 0 Å². The topological polar surface area (TPSA) is 67.4 Å². The summed E-state index contributed by atoms with van der Waals surface area (Å²) in [4.78, 5) is 23.9. The van der Waals surface area contributed by atoms with Gasteiger partial charge in [-0.25, -0.2) is 0 Å². The van der Waals surface area contributed by atoms with Crippen LogP contribution < -0.4 is 15.4 Å². The first-order chi connectivity index (χ1) is 10.7. The first kappa shape index (κ1) is 14.1. The average Bonchev–Trinajstić information content (AvgIpc) is 2.55. The van der Waals surface area contributed by atoms with E-state index in [1.165, 1.54) is 0 Å². The van der Waals surface area contributed by atoms with Gasteiger partial charge in [-0.2, -0.15) is 0 Å². The summed E-state index contributed by atoms with van der Waals surface area (Å²) in [5, 5.41) is 5.54. The van der Waals surface area contributed by atoms with E-state index in [1.54, 1.807) is 12.1 Å². The molecule has 5 heteroatoms. The quantitative estimate of drug-likeness (QED) is 0.908. The van der Waals surface area contributed by atoms with E-state index in [9.17, 15) is 9.59 Å². The summed E-state index contributed by atoms with van der Waals surface area (Å²) < 4.78 is 5.59. The van der Waals surface area contributed by atoms with E-state index >= 15 is 0 Å². The number of hydrogen-bond donors (Lipinski definition) is 2. The van der Waals surface area contributed by atoms with Crippen molar-refractivity contribution in [3.8, 4) is 5.75 Å². The summed E-state index contributed by atoms with van der Waals surface area (Å²) in [6.45, 7) is 0.435. The maximum Gasteiger partial charge on any atom is 0.266 e. The highest BCUT2D eigenvalue weighted by atomic mass is 16.5. The molecule has 0 unspecified atom stereocenters. The molecule has 22 heavy (non-hydrogen) atoms. The Hall–Kier alpha value is -2.82. The van der Waals surface area contributed by atoms with E-state index in [-0.39, 0.29) is 18.2 Å². The highest BCUT2D eigenvalue weighted by Gasteiger charge is 2.29. The van der Waals surface area contributed by atoms with Crippen LogP contribution in [0.4, 0.5) is 5.69 Å². The Bertz CT molecular complexity index is 685. The fourth-order valence-electron chi connectivity index (χ4n) is 2.26. The molecule has 0 spiro atoms. The van der Waals surface area contributed by atoms with Crippen LogP contribution in [0.25, 0.3) is 0 Å². The molecule has 0 bridgehead atoms. The van der Waals surface area contributed by atoms with Gasteiger partial charge < -0.3 is 15.4 Å². The highest BCUT2D eigenvalue weighted by molar-refractivity contribution is 5.99. The third kappa shape index (κ3) is 3.25. The normalized spacial score (nSPS) is 16.2. The monoisotopic (exact) mass is 296 g/mol. The van der Waals surface area contributed by atoms with E-state index < -0.39 is 6.10 Å². The lowest BCUT2D eigenvalue weighted by Gasteiger charge is -2.25. The fraction of sp³-hybridized carbons (Fsp3) is 0.176. The van der Waals surface area contributed by atoms with Crippen molar-refractivity contribution in [3.63, 3.8) is 0 Å². The van der Waals surface area contributed by atoms with Crippen molar-refractivity contribution in [1.82, 2.24) is 5.32 Å². The molecule has 0 saturated carbocycles. The Morgan fingerprint density at radius 3 is 2.64 bits per heavy atom. The van der Waals surface area contributed by atoms with Gasteiger partial charge in [0.05, 0.1) is 12.1 Å². The van der Waals surface area contributed by atoms with Crippen LogP contribution in [0.3, 0.4) is 0 Å². The molecule has 2 aromatic carbocycles. The summed E-state index contributed by atoms with van der Waals surface area (Å²) in [7, 11) is 0. The molecule has 1 atom stereocenters. The third-order valence-electron chi connectivity index (χ3n) is 3.41. The number of anilines is 1. The lowest BCUT2D eigenvalue weighted by Crippen LogP contribution is -2.40. The summed E-state index contributed by atoms with van der Waals surface area (Å²) in [5.74, 6) is 0.0694. The lowest BCUT2D eigenvalue weighted by molar-refractivity contribution is -0.130. The maximum atomic E-state index is 12.0. The van der Waals surface area contributed by atoms with Gasteiger partial charge in [-0.05, 0) is 17.7 Å². The van der Waals surface area contributed by atoms with Gasteiger partial charge in [-0.15, -0.1) is 0 Å². The molecule has 1 aliphatic heterocycles. The van der Waals surface area contributed by atoms with Gasteiger partial charge in [0.25, 0.3) is 5.91 Å². The molecule has 0 aromatic heterocycles. The zero-order valence-electron chi connectivity index (χ0n) is 11.9. The minimum atomic E-state index is -0.800. The second-order valence-corrected chi connectivity index (χ2v) is 5.06. The number of para-hydroxylation sites is 2. The Balaban J connectivity index is 1.57. The smallest absolute Gasteiger partial charge is 0.266 e. The summed E-state index contributed by atoms with van der Waals surface area (Å²) in [6.07, 6.45) is -0.807. The molecule has 0 saturated heterocycles. The maximum absolute atomic E-state index is 12.0. The highest BCUT2D eigenvalue weighted by Crippen LogP contribution is 2.29. The molecule has 0 radical (unpaired) electrons. The standard InChI is InChI=1S/C17H16N2O3/c20-16(18-11-12-6-2-1-3-7-12)10-15-17(21)19-13-8-4-5-9-14(13)22-15/h1-9,15H,10-11H2,(H,18,20)(H,19,21)/t15-/m1/s1. The first-order valence-electron chi connectivity index (χ1n) is 7.09.